The Bertz CT molecular complexity index is 136. The van der Waals surface area contributed by atoms with E-state index in [1.165, 1.54) is 0 Å². The van der Waals surface area contributed by atoms with Crippen molar-refractivity contribution in [3.63, 3.8) is 0 Å². The zero-order valence-corrected chi connectivity index (χ0v) is 5.00. The summed E-state index contributed by atoms with van der Waals surface area (Å²) in [5, 5.41) is 5.10. The van der Waals surface area contributed by atoms with E-state index < -0.39 is 23.6 Å². The van der Waals surface area contributed by atoms with Crippen LogP contribution in [0.15, 0.2) is 0 Å². The SMILES string of the molecule is O[C@H]1CC(F)(F)[C@]1(F)Cl. The number of hydrogen-bond donors (Lipinski definition) is 1. The molecule has 0 amide bonds. The van der Waals surface area contributed by atoms with Crippen molar-refractivity contribution in [2.24, 2.45) is 0 Å². The zero-order chi connectivity index (χ0) is 7.28. The highest BCUT2D eigenvalue weighted by Gasteiger charge is 2.69. The van der Waals surface area contributed by atoms with Crippen molar-refractivity contribution in [1.29, 1.82) is 0 Å². The van der Waals surface area contributed by atoms with E-state index in [9.17, 15) is 13.2 Å². The van der Waals surface area contributed by atoms with E-state index >= 15 is 0 Å². The predicted octanol–water partition coefficient (Wildman–Crippen LogP) is 1.29. The van der Waals surface area contributed by atoms with Gasteiger partial charge in [0.05, 0.1) is 0 Å². The summed E-state index contributed by atoms with van der Waals surface area (Å²) in [4.78, 5) is 0. The second-order valence-corrected chi connectivity index (χ2v) is 2.60. The molecule has 0 spiro atoms. The molecule has 0 radical (unpaired) electrons. The molecule has 0 aromatic heterocycles. The molecule has 0 bridgehead atoms. The van der Waals surface area contributed by atoms with Gasteiger partial charge in [0.15, 0.2) is 0 Å². The molecule has 0 heterocycles. The van der Waals surface area contributed by atoms with Gasteiger partial charge in [0.1, 0.15) is 6.10 Å². The van der Waals surface area contributed by atoms with Crippen LogP contribution in [-0.4, -0.2) is 22.3 Å². The third-order valence-electron chi connectivity index (χ3n) is 1.36. The highest BCUT2D eigenvalue weighted by molar-refractivity contribution is 6.24. The van der Waals surface area contributed by atoms with E-state index in [-0.39, 0.29) is 0 Å². The molecule has 1 rings (SSSR count). The van der Waals surface area contributed by atoms with Gasteiger partial charge in [-0.3, -0.25) is 0 Å². The number of alkyl halides is 4. The van der Waals surface area contributed by atoms with Crippen molar-refractivity contribution in [2.75, 3.05) is 0 Å². The van der Waals surface area contributed by atoms with E-state index in [0.29, 0.717) is 0 Å². The van der Waals surface area contributed by atoms with Crippen molar-refractivity contribution >= 4 is 11.6 Å². The van der Waals surface area contributed by atoms with Crippen molar-refractivity contribution in [3.05, 3.63) is 0 Å². The second kappa shape index (κ2) is 1.55. The monoisotopic (exact) mass is 160 g/mol. The van der Waals surface area contributed by atoms with Crippen LogP contribution in [0.3, 0.4) is 0 Å². The minimum Gasteiger partial charge on any atom is -0.388 e. The molecular weight excluding hydrogens is 156 g/mol. The topological polar surface area (TPSA) is 20.2 Å². The van der Waals surface area contributed by atoms with Crippen molar-refractivity contribution in [3.8, 4) is 0 Å². The molecule has 0 saturated heterocycles. The van der Waals surface area contributed by atoms with E-state index in [1.807, 2.05) is 0 Å². The number of rotatable bonds is 0. The normalized spacial score (nSPS) is 48.3. The summed E-state index contributed by atoms with van der Waals surface area (Å²) in [6.07, 6.45) is -2.61. The Balaban J connectivity index is 2.70. The molecule has 1 aliphatic carbocycles. The van der Waals surface area contributed by atoms with E-state index in [4.69, 9.17) is 5.11 Å². The minimum atomic E-state index is -3.56. The van der Waals surface area contributed by atoms with Gasteiger partial charge in [0.2, 0.25) is 0 Å². The van der Waals surface area contributed by atoms with Crippen LogP contribution in [0.25, 0.3) is 0 Å². The third kappa shape index (κ3) is 0.730. The predicted molar refractivity (Wildman–Crippen MR) is 25.3 cm³/mol. The van der Waals surface area contributed by atoms with Gasteiger partial charge in [-0.1, -0.05) is 11.6 Å². The molecule has 1 fully saturated rings. The van der Waals surface area contributed by atoms with Crippen LogP contribution in [0, 0.1) is 0 Å². The molecule has 1 aliphatic rings. The van der Waals surface area contributed by atoms with Crippen molar-refractivity contribution < 1.29 is 18.3 Å². The standard InChI is InChI=1S/C4H4ClF3O/c5-4(8)2(9)1-3(4,6)7/h2,9H,1H2/t2-,4-/m0/s1. The summed E-state index contributed by atoms with van der Waals surface area (Å²) in [7, 11) is 0. The molecule has 9 heavy (non-hydrogen) atoms. The Morgan fingerprint density at radius 1 is 1.44 bits per heavy atom. The Labute approximate surface area is 54.4 Å². The first kappa shape index (κ1) is 7.15. The lowest BCUT2D eigenvalue weighted by Crippen LogP contribution is -2.61. The minimum absolute atomic E-state index is 0.882. The maximum Gasteiger partial charge on any atom is 0.300 e. The summed E-state index contributed by atoms with van der Waals surface area (Å²) in [5.41, 5.74) is 0. The molecule has 5 heteroatoms. The average Bonchev–Trinajstić information content (AvgIpc) is 1.65. The van der Waals surface area contributed by atoms with E-state index in [2.05, 4.69) is 11.6 Å². The fraction of sp³-hybridized carbons (Fsp3) is 1.00. The van der Waals surface area contributed by atoms with Crippen LogP contribution < -0.4 is 0 Å². The Kier molecular flexibility index (Phi) is 1.23. The van der Waals surface area contributed by atoms with Crippen molar-refractivity contribution in [2.45, 2.75) is 23.6 Å². The van der Waals surface area contributed by atoms with Gasteiger partial charge in [-0.2, -0.15) is 0 Å². The third-order valence-corrected chi connectivity index (χ3v) is 1.88. The molecule has 0 aromatic rings. The Morgan fingerprint density at radius 3 is 1.89 bits per heavy atom. The maximum absolute atomic E-state index is 12.1. The highest BCUT2D eigenvalue weighted by Crippen LogP contribution is 2.52. The van der Waals surface area contributed by atoms with Crippen LogP contribution in [0.2, 0.25) is 0 Å². The van der Waals surface area contributed by atoms with Gasteiger partial charge in [0, 0.05) is 6.42 Å². The van der Waals surface area contributed by atoms with Crippen molar-refractivity contribution in [1.82, 2.24) is 0 Å². The molecule has 1 nitrogen and oxygen atoms in total. The summed E-state index contributed by atoms with van der Waals surface area (Å²) in [6, 6.07) is 0. The molecular formula is C4H4ClF3O. The molecule has 0 aromatic carbocycles. The van der Waals surface area contributed by atoms with Gasteiger partial charge in [-0.15, -0.1) is 0 Å². The molecule has 1 N–H and O–H groups in total. The molecule has 1 saturated carbocycles. The first-order valence-corrected chi connectivity index (χ1v) is 2.69. The molecule has 0 unspecified atom stereocenters. The lowest BCUT2D eigenvalue weighted by Gasteiger charge is -2.41. The second-order valence-electron chi connectivity index (χ2n) is 2.05. The van der Waals surface area contributed by atoms with Crippen LogP contribution in [0.4, 0.5) is 13.2 Å². The van der Waals surface area contributed by atoms with E-state index in [1.54, 1.807) is 0 Å². The fourth-order valence-corrected chi connectivity index (χ4v) is 0.774. The quantitative estimate of drug-likeness (QED) is 0.530. The van der Waals surface area contributed by atoms with Gasteiger partial charge in [-0.05, 0) is 0 Å². The fourth-order valence-electron chi connectivity index (χ4n) is 0.620. The van der Waals surface area contributed by atoms with Crippen LogP contribution in [0.1, 0.15) is 6.42 Å². The molecule has 2 atom stereocenters. The number of hydrogen-bond acceptors (Lipinski definition) is 1. The first-order valence-electron chi connectivity index (χ1n) is 2.31. The Hall–Kier alpha value is 0.0400. The zero-order valence-electron chi connectivity index (χ0n) is 4.24. The number of halogens is 4. The van der Waals surface area contributed by atoms with Gasteiger partial charge < -0.3 is 5.11 Å². The lowest BCUT2D eigenvalue weighted by molar-refractivity contribution is -0.232. The molecule has 0 aliphatic heterocycles. The van der Waals surface area contributed by atoms with Gasteiger partial charge >= 0.3 is 5.92 Å². The number of aliphatic hydroxyl groups is 1. The van der Waals surface area contributed by atoms with Gasteiger partial charge in [0.25, 0.3) is 5.13 Å². The first-order chi connectivity index (χ1) is 3.88. The smallest absolute Gasteiger partial charge is 0.300 e. The Morgan fingerprint density at radius 2 is 1.89 bits per heavy atom. The van der Waals surface area contributed by atoms with Crippen LogP contribution in [0.5, 0.6) is 0 Å². The summed E-state index contributed by atoms with van der Waals surface area (Å²) in [5.74, 6) is -3.56. The van der Waals surface area contributed by atoms with E-state index in [0.717, 1.165) is 0 Å². The highest BCUT2D eigenvalue weighted by atomic mass is 35.5. The average molecular weight is 161 g/mol. The van der Waals surface area contributed by atoms with Crippen LogP contribution >= 0.6 is 11.6 Å². The van der Waals surface area contributed by atoms with Gasteiger partial charge in [-0.25, -0.2) is 13.2 Å². The molecule has 54 valence electrons. The summed E-state index contributed by atoms with van der Waals surface area (Å²) in [6.45, 7) is 0. The summed E-state index contributed by atoms with van der Waals surface area (Å²) < 4.78 is 35.9. The van der Waals surface area contributed by atoms with Crippen LogP contribution in [-0.2, 0) is 0 Å². The maximum atomic E-state index is 12.1. The largest absolute Gasteiger partial charge is 0.388 e. The summed E-state index contributed by atoms with van der Waals surface area (Å²) >= 11 is 4.58. The lowest BCUT2D eigenvalue weighted by atomic mass is 9.88. The number of aliphatic hydroxyl groups excluding tert-OH is 1.